The van der Waals surface area contributed by atoms with E-state index < -0.39 is 27.6 Å². The molecule has 182 valence electrons. The monoisotopic (exact) mass is 564 g/mol. The van der Waals surface area contributed by atoms with Crippen LogP contribution in [0, 0.1) is 0 Å². The van der Waals surface area contributed by atoms with Gasteiger partial charge >= 0.3 is 10.1 Å². The van der Waals surface area contributed by atoms with E-state index in [1.807, 2.05) is 47.2 Å². The molecule has 0 amide bonds. The smallest absolute Gasteiger partial charge is 0.315 e. The summed E-state index contributed by atoms with van der Waals surface area (Å²) in [5, 5.41) is 8.94. The van der Waals surface area contributed by atoms with Crippen LogP contribution in [0.2, 0.25) is 0 Å². The number of benzene rings is 3. The summed E-state index contributed by atoms with van der Waals surface area (Å²) in [5.74, 6) is 0.424. The Hall–Kier alpha value is -3.40. The number of ether oxygens (including phenoxy) is 1. The third kappa shape index (κ3) is 4.13. The second-order valence-electron chi connectivity index (χ2n) is 8.74. The molecule has 1 aromatic heterocycles. The highest BCUT2D eigenvalue weighted by Crippen LogP contribution is 2.51. The first-order valence-corrected chi connectivity index (χ1v) is 13.6. The van der Waals surface area contributed by atoms with Crippen molar-refractivity contribution in [2.75, 3.05) is 0 Å². The molecule has 3 atom stereocenters. The van der Waals surface area contributed by atoms with Gasteiger partial charge in [0.15, 0.2) is 0 Å². The minimum absolute atomic E-state index is 0.165. The molecule has 36 heavy (non-hydrogen) atoms. The lowest BCUT2D eigenvalue weighted by Crippen LogP contribution is -2.35. The standard InChI is InChI=1S/C27H21BrN2O5S/c28-19-5-11-22(12-6-19)35-36(32,33)24-15-23-25(17-3-9-21(31)10-4-17)26(27(24)34-23)18-1-7-20(8-2-18)30-14-13-29-16-30/h1-14,16,23-24,27,31H,15H2/t23-,24?,27+/m1/s1. The lowest BCUT2D eigenvalue weighted by molar-refractivity contribution is 0.128. The lowest BCUT2D eigenvalue weighted by Gasteiger charge is -2.25. The second-order valence-corrected chi connectivity index (χ2v) is 11.4. The zero-order valence-corrected chi connectivity index (χ0v) is 21.3. The number of nitrogens with zero attached hydrogens (tertiary/aromatic N) is 2. The third-order valence-electron chi connectivity index (χ3n) is 6.55. The van der Waals surface area contributed by atoms with E-state index in [0.29, 0.717) is 0 Å². The largest absolute Gasteiger partial charge is 0.508 e. The SMILES string of the molecule is O=S(=O)(Oc1ccc(Br)cc1)C1C[C@H]2O[C@@H]1C(c1ccc(-n3ccnc3)cc1)=C2c1ccc(O)cc1. The highest BCUT2D eigenvalue weighted by Gasteiger charge is 2.53. The molecule has 0 aliphatic carbocycles. The summed E-state index contributed by atoms with van der Waals surface area (Å²) < 4.78 is 41.3. The Morgan fingerprint density at radius 3 is 2.28 bits per heavy atom. The summed E-state index contributed by atoms with van der Waals surface area (Å²) in [6, 6.07) is 21.5. The maximum atomic E-state index is 13.4. The van der Waals surface area contributed by atoms with Gasteiger partial charge in [-0.2, -0.15) is 8.42 Å². The van der Waals surface area contributed by atoms with Gasteiger partial charge in [0.1, 0.15) is 22.9 Å². The van der Waals surface area contributed by atoms with E-state index in [0.717, 1.165) is 32.4 Å². The number of phenolic OH excluding ortho intramolecular Hbond substituents is 1. The molecule has 1 saturated heterocycles. The fourth-order valence-corrected chi connectivity index (χ4v) is 6.58. The summed E-state index contributed by atoms with van der Waals surface area (Å²) in [6.45, 7) is 0. The van der Waals surface area contributed by atoms with Crippen LogP contribution in [0.5, 0.6) is 11.5 Å². The van der Waals surface area contributed by atoms with Crippen LogP contribution in [-0.2, 0) is 14.9 Å². The topological polar surface area (TPSA) is 90.7 Å². The quantitative estimate of drug-likeness (QED) is 0.324. The molecule has 2 aliphatic heterocycles. The summed E-state index contributed by atoms with van der Waals surface area (Å²) in [5.41, 5.74) is 4.46. The van der Waals surface area contributed by atoms with Gasteiger partial charge in [-0.25, -0.2) is 4.98 Å². The maximum absolute atomic E-state index is 13.4. The number of rotatable bonds is 6. The van der Waals surface area contributed by atoms with Crippen LogP contribution in [0.15, 0.2) is 96.0 Å². The second kappa shape index (κ2) is 8.92. The van der Waals surface area contributed by atoms with E-state index >= 15 is 0 Å². The number of fused-ring (bicyclic) bond motifs is 2. The molecular weight excluding hydrogens is 544 g/mol. The molecule has 0 radical (unpaired) electrons. The minimum atomic E-state index is -3.98. The fourth-order valence-electron chi connectivity index (χ4n) is 4.90. The van der Waals surface area contributed by atoms with Gasteiger partial charge in [0.05, 0.1) is 12.4 Å². The van der Waals surface area contributed by atoms with Crippen molar-refractivity contribution >= 4 is 37.2 Å². The van der Waals surface area contributed by atoms with Crippen molar-refractivity contribution in [1.82, 2.24) is 9.55 Å². The summed E-state index contributed by atoms with van der Waals surface area (Å²) in [6.07, 6.45) is 4.49. The van der Waals surface area contributed by atoms with E-state index in [2.05, 4.69) is 20.9 Å². The molecule has 3 heterocycles. The molecule has 0 spiro atoms. The summed E-state index contributed by atoms with van der Waals surface area (Å²) in [4.78, 5) is 4.09. The molecule has 4 aromatic rings. The van der Waals surface area contributed by atoms with Crippen LogP contribution < -0.4 is 4.18 Å². The van der Waals surface area contributed by atoms with Crippen molar-refractivity contribution in [3.8, 4) is 17.2 Å². The van der Waals surface area contributed by atoms with Gasteiger partial charge in [0.2, 0.25) is 0 Å². The first-order valence-electron chi connectivity index (χ1n) is 11.4. The fraction of sp³-hybridized carbons (Fsp3) is 0.148. The number of phenols is 1. The Bertz CT molecular complexity index is 1530. The Balaban J connectivity index is 1.40. The number of hydrogen-bond donors (Lipinski definition) is 1. The van der Waals surface area contributed by atoms with Gasteiger partial charge in [-0.15, -0.1) is 0 Å². The van der Waals surface area contributed by atoms with E-state index in [9.17, 15) is 13.5 Å². The zero-order valence-electron chi connectivity index (χ0n) is 18.9. The summed E-state index contributed by atoms with van der Waals surface area (Å²) in [7, 11) is -3.98. The van der Waals surface area contributed by atoms with Crippen LogP contribution in [0.3, 0.4) is 0 Å². The molecule has 2 bridgehead atoms. The van der Waals surface area contributed by atoms with Crippen LogP contribution in [-0.4, -0.2) is 40.5 Å². The number of imidazole rings is 1. The number of aromatic hydroxyl groups is 1. The predicted octanol–water partition coefficient (Wildman–Crippen LogP) is 5.20. The van der Waals surface area contributed by atoms with Crippen molar-refractivity contribution in [3.05, 3.63) is 107 Å². The Labute approximate surface area is 216 Å². The van der Waals surface area contributed by atoms with Gasteiger partial charge in [-0.3, -0.25) is 0 Å². The minimum Gasteiger partial charge on any atom is -0.508 e. The van der Waals surface area contributed by atoms with Crippen LogP contribution in [0.1, 0.15) is 17.5 Å². The maximum Gasteiger partial charge on any atom is 0.315 e. The Morgan fingerprint density at radius 2 is 1.61 bits per heavy atom. The third-order valence-corrected chi connectivity index (χ3v) is 8.68. The number of aromatic nitrogens is 2. The lowest BCUT2D eigenvalue weighted by atomic mass is 9.83. The predicted molar refractivity (Wildman–Crippen MR) is 139 cm³/mol. The molecule has 1 N–H and O–H groups in total. The molecule has 9 heteroatoms. The molecule has 1 unspecified atom stereocenters. The van der Waals surface area contributed by atoms with Crippen molar-refractivity contribution in [3.63, 3.8) is 0 Å². The molecule has 2 aliphatic rings. The highest BCUT2D eigenvalue weighted by molar-refractivity contribution is 9.10. The van der Waals surface area contributed by atoms with Crippen LogP contribution in [0.25, 0.3) is 16.8 Å². The van der Waals surface area contributed by atoms with Crippen LogP contribution in [0.4, 0.5) is 0 Å². The van der Waals surface area contributed by atoms with Crippen molar-refractivity contribution in [2.45, 2.75) is 23.9 Å². The van der Waals surface area contributed by atoms with E-state index in [-0.39, 0.29) is 17.9 Å². The van der Waals surface area contributed by atoms with Crippen molar-refractivity contribution < 1.29 is 22.4 Å². The van der Waals surface area contributed by atoms with Gasteiger partial charge in [-0.1, -0.05) is 40.2 Å². The van der Waals surface area contributed by atoms with E-state index in [4.69, 9.17) is 8.92 Å². The van der Waals surface area contributed by atoms with Crippen molar-refractivity contribution in [1.29, 1.82) is 0 Å². The van der Waals surface area contributed by atoms with E-state index in [1.165, 1.54) is 0 Å². The average Bonchev–Trinajstić information content (AvgIpc) is 3.63. The summed E-state index contributed by atoms with van der Waals surface area (Å²) >= 11 is 3.35. The Kier molecular flexibility index (Phi) is 5.70. The average molecular weight is 565 g/mol. The molecule has 0 saturated carbocycles. The van der Waals surface area contributed by atoms with Gasteiger partial charge < -0.3 is 18.6 Å². The van der Waals surface area contributed by atoms with Gasteiger partial charge in [-0.05, 0) is 70.8 Å². The first kappa shape index (κ1) is 23.0. The molecule has 7 nitrogen and oxygen atoms in total. The van der Waals surface area contributed by atoms with Gasteiger partial charge in [0.25, 0.3) is 0 Å². The molecular formula is C27H21BrN2O5S. The number of halogens is 1. The van der Waals surface area contributed by atoms with E-state index in [1.54, 1.807) is 48.9 Å². The normalized spacial score (nSPS) is 21.2. The Morgan fingerprint density at radius 1 is 0.944 bits per heavy atom. The molecule has 3 aromatic carbocycles. The molecule has 6 rings (SSSR count). The first-order chi connectivity index (χ1) is 17.4. The van der Waals surface area contributed by atoms with Gasteiger partial charge in [0, 0.05) is 29.0 Å². The van der Waals surface area contributed by atoms with Crippen molar-refractivity contribution in [2.24, 2.45) is 0 Å². The number of hydrogen-bond acceptors (Lipinski definition) is 6. The zero-order chi connectivity index (χ0) is 24.9. The highest BCUT2D eigenvalue weighted by atomic mass is 79.9. The van der Waals surface area contributed by atoms with Crippen LogP contribution >= 0.6 is 15.9 Å². The molecule has 1 fully saturated rings.